The van der Waals surface area contributed by atoms with Gasteiger partial charge in [-0.25, -0.2) is 0 Å². The van der Waals surface area contributed by atoms with Gasteiger partial charge in [-0.1, -0.05) is 42.5 Å². The smallest absolute Gasteiger partial charge is 0.272 e. The highest BCUT2D eigenvalue weighted by Crippen LogP contribution is 2.69. The summed E-state index contributed by atoms with van der Waals surface area (Å²) in [6.45, 7) is 8.16. The summed E-state index contributed by atoms with van der Waals surface area (Å²) in [4.78, 5) is 15.2. The second-order valence-electron chi connectivity index (χ2n) is 8.81. The van der Waals surface area contributed by atoms with Crippen molar-refractivity contribution in [3.63, 3.8) is 0 Å². The first-order chi connectivity index (χ1) is 13.9. The van der Waals surface area contributed by atoms with Gasteiger partial charge < -0.3 is 4.90 Å². The van der Waals surface area contributed by atoms with E-state index in [1.54, 1.807) is 10.9 Å². The van der Waals surface area contributed by atoms with E-state index in [1.165, 1.54) is 27.8 Å². The minimum Gasteiger partial charge on any atom is -0.336 e. The van der Waals surface area contributed by atoms with Crippen LogP contribution in [0.5, 0.6) is 0 Å². The molecule has 1 aromatic heterocycles. The Labute approximate surface area is 172 Å². The third-order valence-corrected chi connectivity index (χ3v) is 7.21. The van der Waals surface area contributed by atoms with Gasteiger partial charge in [-0.15, -0.1) is 0 Å². The highest BCUT2D eigenvalue weighted by atomic mass is 16.2. The van der Waals surface area contributed by atoms with Crippen molar-refractivity contribution in [1.82, 2.24) is 14.7 Å². The van der Waals surface area contributed by atoms with E-state index in [4.69, 9.17) is 0 Å². The van der Waals surface area contributed by atoms with Gasteiger partial charge in [0.15, 0.2) is 0 Å². The number of benzene rings is 2. The van der Waals surface area contributed by atoms with E-state index < -0.39 is 0 Å². The Morgan fingerprint density at radius 3 is 2.45 bits per heavy atom. The first-order valence-corrected chi connectivity index (χ1v) is 10.3. The number of rotatable bonds is 3. The number of hydrogen-bond donors (Lipinski definition) is 0. The molecule has 0 bridgehead atoms. The molecule has 2 aliphatic rings. The van der Waals surface area contributed by atoms with Crippen LogP contribution in [0.4, 0.5) is 0 Å². The molecule has 2 heterocycles. The fraction of sp³-hybridized carbons (Fsp3) is 0.360. The van der Waals surface area contributed by atoms with Crippen LogP contribution in [0.15, 0.2) is 54.7 Å². The Hall–Kier alpha value is -2.88. The molecule has 1 saturated heterocycles. The maximum Gasteiger partial charge on any atom is 0.272 e. The number of aromatic nitrogens is 2. The van der Waals surface area contributed by atoms with Crippen molar-refractivity contribution in [3.8, 4) is 0 Å². The second-order valence-corrected chi connectivity index (χ2v) is 8.81. The lowest BCUT2D eigenvalue weighted by Gasteiger charge is -2.26. The molecule has 1 aliphatic heterocycles. The SMILES string of the molecule is Cc1cc(C)c([C@@]23CN(C(=O)c4ccnn4C)C[C@@H]2[C@H]3c2ccccc2)cc1C. The molecule has 4 heteroatoms. The third-order valence-electron chi connectivity index (χ3n) is 7.21. The molecule has 4 nitrogen and oxygen atoms in total. The molecule has 148 valence electrons. The lowest BCUT2D eigenvalue weighted by atomic mass is 9.85. The Morgan fingerprint density at radius 2 is 1.76 bits per heavy atom. The first-order valence-electron chi connectivity index (χ1n) is 10.3. The van der Waals surface area contributed by atoms with Gasteiger partial charge in [0.05, 0.1) is 0 Å². The number of hydrogen-bond acceptors (Lipinski definition) is 2. The number of carbonyl (C=O) groups excluding carboxylic acids is 1. The molecule has 3 aromatic rings. The van der Waals surface area contributed by atoms with Crippen molar-refractivity contribution in [2.45, 2.75) is 32.1 Å². The van der Waals surface area contributed by atoms with E-state index in [-0.39, 0.29) is 11.3 Å². The van der Waals surface area contributed by atoms with Crippen molar-refractivity contribution in [2.24, 2.45) is 13.0 Å². The van der Waals surface area contributed by atoms with Gasteiger partial charge >= 0.3 is 0 Å². The topological polar surface area (TPSA) is 38.1 Å². The second kappa shape index (κ2) is 6.31. The maximum atomic E-state index is 13.2. The summed E-state index contributed by atoms with van der Waals surface area (Å²) in [5.74, 6) is 1.02. The quantitative estimate of drug-likeness (QED) is 0.679. The summed E-state index contributed by atoms with van der Waals surface area (Å²) in [6.07, 6.45) is 1.69. The lowest BCUT2D eigenvalue weighted by Crippen LogP contribution is -2.35. The standard InChI is InChI=1S/C25H27N3O/c1-16-12-18(3)20(13-17(16)2)25-15-28(24(29)22-10-11-26-27(22)4)14-21(25)23(25)19-8-6-5-7-9-19/h5-13,21,23H,14-15H2,1-4H3/t21-,23-,25+/m1/s1. The fourth-order valence-electron chi connectivity index (χ4n) is 5.63. The van der Waals surface area contributed by atoms with Crippen LogP contribution in [0.25, 0.3) is 0 Å². The van der Waals surface area contributed by atoms with Crippen LogP contribution in [-0.4, -0.2) is 33.7 Å². The van der Waals surface area contributed by atoms with E-state index in [2.05, 4.69) is 68.3 Å². The van der Waals surface area contributed by atoms with Crippen molar-refractivity contribution in [2.75, 3.05) is 13.1 Å². The number of aryl methyl sites for hydroxylation is 4. The summed E-state index contributed by atoms with van der Waals surface area (Å²) >= 11 is 0. The minimum absolute atomic E-state index is 0.0121. The largest absolute Gasteiger partial charge is 0.336 e. The highest BCUT2D eigenvalue weighted by molar-refractivity contribution is 5.93. The molecule has 2 fully saturated rings. The summed E-state index contributed by atoms with van der Waals surface area (Å²) < 4.78 is 1.68. The summed E-state index contributed by atoms with van der Waals surface area (Å²) in [5.41, 5.74) is 7.48. The van der Waals surface area contributed by atoms with Crippen LogP contribution in [0, 0.1) is 26.7 Å². The minimum atomic E-state index is 0.0121. The summed E-state index contributed by atoms with van der Waals surface area (Å²) in [6, 6.07) is 17.3. The molecular weight excluding hydrogens is 358 g/mol. The van der Waals surface area contributed by atoms with Crippen LogP contribution in [0.3, 0.4) is 0 Å². The predicted octanol–water partition coefficient (Wildman–Crippen LogP) is 4.15. The van der Waals surface area contributed by atoms with Crippen LogP contribution in [0.1, 0.15) is 44.2 Å². The van der Waals surface area contributed by atoms with Gasteiger partial charge in [0.2, 0.25) is 0 Å². The molecule has 0 unspecified atom stereocenters. The Bertz CT molecular complexity index is 1100. The third kappa shape index (κ3) is 2.58. The number of likely N-dealkylation sites (tertiary alicyclic amines) is 1. The molecule has 1 saturated carbocycles. The number of amides is 1. The first kappa shape index (κ1) is 18.2. The van der Waals surface area contributed by atoms with Gasteiger partial charge in [-0.2, -0.15) is 5.10 Å². The van der Waals surface area contributed by atoms with Gasteiger partial charge in [0.25, 0.3) is 5.91 Å². The number of nitrogens with zero attached hydrogens (tertiary/aromatic N) is 3. The summed E-state index contributed by atoms with van der Waals surface area (Å²) in [7, 11) is 1.83. The predicted molar refractivity (Wildman–Crippen MR) is 114 cm³/mol. The normalized spacial score (nSPS) is 25.2. The van der Waals surface area contributed by atoms with Gasteiger partial charge in [-0.05, 0) is 60.6 Å². The maximum absolute atomic E-state index is 13.2. The molecular formula is C25H27N3O. The van der Waals surface area contributed by atoms with Crippen molar-refractivity contribution in [3.05, 3.63) is 88.2 Å². The zero-order chi connectivity index (χ0) is 20.3. The Morgan fingerprint density at radius 1 is 1.03 bits per heavy atom. The average molecular weight is 386 g/mol. The zero-order valence-corrected chi connectivity index (χ0v) is 17.5. The number of fused-ring (bicyclic) bond motifs is 1. The van der Waals surface area contributed by atoms with Crippen LogP contribution in [0.2, 0.25) is 0 Å². The van der Waals surface area contributed by atoms with Crippen molar-refractivity contribution >= 4 is 5.91 Å². The van der Waals surface area contributed by atoms with Crippen molar-refractivity contribution in [1.29, 1.82) is 0 Å². The van der Waals surface area contributed by atoms with Crippen LogP contribution in [-0.2, 0) is 12.5 Å². The molecule has 1 aliphatic carbocycles. The highest BCUT2D eigenvalue weighted by Gasteiger charge is 2.70. The lowest BCUT2D eigenvalue weighted by molar-refractivity contribution is 0.0758. The molecule has 5 rings (SSSR count). The molecule has 29 heavy (non-hydrogen) atoms. The van der Waals surface area contributed by atoms with Crippen LogP contribution >= 0.6 is 0 Å². The molecule has 3 atom stereocenters. The Kier molecular flexibility index (Phi) is 3.95. The number of piperidine rings is 1. The van der Waals surface area contributed by atoms with Gasteiger partial charge in [0, 0.05) is 37.7 Å². The monoisotopic (exact) mass is 385 g/mol. The summed E-state index contributed by atoms with van der Waals surface area (Å²) in [5, 5.41) is 4.18. The van der Waals surface area contributed by atoms with E-state index in [0.29, 0.717) is 17.5 Å². The zero-order valence-electron chi connectivity index (χ0n) is 17.5. The van der Waals surface area contributed by atoms with Gasteiger partial charge in [0.1, 0.15) is 5.69 Å². The molecule has 0 radical (unpaired) electrons. The fourth-order valence-corrected chi connectivity index (χ4v) is 5.63. The van der Waals surface area contributed by atoms with E-state index in [0.717, 1.165) is 13.1 Å². The molecule has 1 amide bonds. The van der Waals surface area contributed by atoms with Crippen LogP contribution < -0.4 is 0 Å². The molecule has 0 N–H and O–H groups in total. The van der Waals surface area contributed by atoms with E-state index in [9.17, 15) is 4.79 Å². The van der Waals surface area contributed by atoms with E-state index >= 15 is 0 Å². The van der Waals surface area contributed by atoms with Crippen molar-refractivity contribution < 1.29 is 4.79 Å². The average Bonchev–Trinajstić information content (AvgIpc) is 2.99. The number of carbonyl (C=O) groups is 1. The molecule has 0 spiro atoms. The molecule has 2 aromatic carbocycles. The van der Waals surface area contributed by atoms with E-state index in [1.807, 2.05) is 18.0 Å². The van der Waals surface area contributed by atoms with Gasteiger partial charge in [-0.3, -0.25) is 9.48 Å². The Balaban J connectivity index is 1.56.